The zero-order valence-corrected chi connectivity index (χ0v) is 14.1. The molecule has 0 aliphatic carbocycles. The van der Waals surface area contributed by atoms with Crippen molar-refractivity contribution in [1.29, 1.82) is 0 Å². The molecule has 0 radical (unpaired) electrons. The summed E-state index contributed by atoms with van der Waals surface area (Å²) in [7, 11) is 1.84. The first-order chi connectivity index (χ1) is 9.52. The highest BCUT2D eigenvalue weighted by molar-refractivity contribution is 5.92. The SMILES string of the molecule is CNCC(C)C(=O)Nc1cccc(OCCC(C)C)c1.Cl. The van der Waals surface area contributed by atoms with Crippen molar-refractivity contribution >= 4 is 24.0 Å². The van der Waals surface area contributed by atoms with E-state index in [4.69, 9.17) is 4.74 Å². The van der Waals surface area contributed by atoms with Crippen LogP contribution in [-0.2, 0) is 4.79 Å². The van der Waals surface area contributed by atoms with Crippen molar-refractivity contribution in [3.8, 4) is 5.75 Å². The van der Waals surface area contributed by atoms with E-state index in [-0.39, 0.29) is 24.2 Å². The van der Waals surface area contributed by atoms with Crippen LogP contribution in [0.1, 0.15) is 27.2 Å². The molecule has 0 saturated carbocycles. The van der Waals surface area contributed by atoms with Gasteiger partial charge in [-0.2, -0.15) is 0 Å². The summed E-state index contributed by atoms with van der Waals surface area (Å²) in [4.78, 5) is 11.9. The number of hydrogen-bond donors (Lipinski definition) is 2. The van der Waals surface area contributed by atoms with Gasteiger partial charge in [0.1, 0.15) is 5.75 Å². The van der Waals surface area contributed by atoms with Crippen molar-refractivity contribution in [2.75, 3.05) is 25.5 Å². The highest BCUT2D eigenvalue weighted by Crippen LogP contribution is 2.18. The lowest BCUT2D eigenvalue weighted by Gasteiger charge is -2.13. The number of rotatable bonds is 8. The molecule has 0 heterocycles. The second-order valence-corrected chi connectivity index (χ2v) is 5.51. The number of hydrogen-bond acceptors (Lipinski definition) is 3. The molecule has 1 rings (SSSR count). The Morgan fingerprint density at radius 2 is 2.00 bits per heavy atom. The van der Waals surface area contributed by atoms with Gasteiger partial charge in [-0.25, -0.2) is 0 Å². The van der Waals surface area contributed by atoms with Crippen LogP contribution < -0.4 is 15.4 Å². The average Bonchev–Trinajstić information content (AvgIpc) is 2.39. The molecule has 120 valence electrons. The van der Waals surface area contributed by atoms with Gasteiger partial charge in [0.2, 0.25) is 5.91 Å². The standard InChI is InChI=1S/C16H26N2O2.ClH/c1-12(2)8-9-20-15-7-5-6-14(10-15)18-16(19)13(3)11-17-4;/h5-7,10,12-13,17H,8-9,11H2,1-4H3,(H,18,19);1H. The van der Waals surface area contributed by atoms with Gasteiger partial charge in [0, 0.05) is 24.2 Å². The normalized spacial score (nSPS) is 11.7. The van der Waals surface area contributed by atoms with Crippen LogP contribution in [0.15, 0.2) is 24.3 Å². The van der Waals surface area contributed by atoms with Crippen LogP contribution in [0, 0.1) is 11.8 Å². The molecule has 21 heavy (non-hydrogen) atoms. The van der Waals surface area contributed by atoms with Gasteiger partial charge >= 0.3 is 0 Å². The Bertz CT molecular complexity index is 424. The summed E-state index contributed by atoms with van der Waals surface area (Å²) in [6.45, 7) is 7.60. The maximum atomic E-state index is 11.9. The first-order valence-electron chi connectivity index (χ1n) is 7.21. The Morgan fingerprint density at radius 3 is 2.62 bits per heavy atom. The Labute approximate surface area is 134 Å². The minimum Gasteiger partial charge on any atom is -0.494 e. The van der Waals surface area contributed by atoms with Crippen LogP contribution in [0.3, 0.4) is 0 Å². The fraction of sp³-hybridized carbons (Fsp3) is 0.562. The zero-order chi connectivity index (χ0) is 15.0. The molecule has 0 aromatic heterocycles. The maximum Gasteiger partial charge on any atom is 0.228 e. The number of amides is 1. The van der Waals surface area contributed by atoms with Gasteiger partial charge in [0.05, 0.1) is 6.61 Å². The first kappa shape index (κ1) is 19.7. The number of nitrogens with one attached hydrogen (secondary N) is 2. The molecule has 0 bridgehead atoms. The number of carbonyl (C=O) groups is 1. The minimum absolute atomic E-state index is 0. The average molecular weight is 315 g/mol. The van der Waals surface area contributed by atoms with Crippen molar-refractivity contribution < 1.29 is 9.53 Å². The number of anilines is 1. The van der Waals surface area contributed by atoms with Gasteiger partial charge in [-0.3, -0.25) is 4.79 Å². The lowest BCUT2D eigenvalue weighted by molar-refractivity contribution is -0.119. The second-order valence-electron chi connectivity index (χ2n) is 5.51. The van der Waals surface area contributed by atoms with Crippen LogP contribution in [0.2, 0.25) is 0 Å². The van der Waals surface area contributed by atoms with E-state index in [2.05, 4.69) is 24.5 Å². The number of carbonyl (C=O) groups excluding carboxylic acids is 1. The lowest BCUT2D eigenvalue weighted by Crippen LogP contribution is -2.28. The number of benzene rings is 1. The molecule has 0 aliphatic rings. The maximum absolute atomic E-state index is 11.9. The van der Waals surface area contributed by atoms with E-state index in [0.717, 1.165) is 17.9 Å². The summed E-state index contributed by atoms with van der Waals surface area (Å²) < 4.78 is 5.68. The van der Waals surface area contributed by atoms with E-state index in [9.17, 15) is 4.79 Å². The summed E-state index contributed by atoms with van der Waals surface area (Å²) in [5, 5.41) is 5.91. The predicted molar refractivity (Wildman–Crippen MR) is 90.4 cm³/mol. The molecule has 4 nitrogen and oxygen atoms in total. The summed E-state index contributed by atoms with van der Waals surface area (Å²) in [6, 6.07) is 7.54. The zero-order valence-electron chi connectivity index (χ0n) is 13.3. The fourth-order valence-corrected chi connectivity index (χ4v) is 1.74. The van der Waals surface area contributed by atoms with Crippen molar-refractivity contribution in [3.63, 3.8) is 0 Å². The van der Waals surface area contributed by atoms with E-state index in [1.165, 1.54) is 0 Å². The van der Waals surface area contributed by atoms with Crippen molar-refractivity contribution in [2.24, 2.45) is 11.8 Å². The second kappa shape index (κ2) is 10.5. The highest BCUT2D eigenvalue weighted by Gasteiger charge is 2.12. The monoisotopic (exact) mass is 314 g/mol. The molecule has 0 saturated heterocycles. The third-order valence-electron chi connectivity index (χ3n) is 3.02. The summed E-state index contributed by atoms with van der Waals surface area (Å²) in [5.41, 5.74) is 0.778. The minimum atomic E-state index is -0.0643. The van der Waals surface area contributed by atoms with Crippen molar-refractivity contribution in [1.82, 2.24) is 5.32 Å². The molecular formula is C16H27ClN2O2. The van der Waals surface area contributed by atoms with Crippen LogP contribution in [0.25, 0.3) is 0 Å². The van der Waals surface area contributed by atoms with E-state index in [0.29, 0.717) is 19.1 Å². The molecule has 1 aromatic rings. The third-order valence-corrected chi connectivity index (χ3v) is 3.02. The Morgan fingerprint density at radius 1 is 1.29 bits per heavy atom. The van der Waals surface area contributed by atoms with Crippen molar-refractivity contribution in [3.05, 3.63) is 24.3 Å². The summed E-state index contributed by atoms with van der Waals surface area (Å²) in [6.07, 6.45) is 1.02. The largest absolute Gasteiger partial charge is 0.494 e. The Kier molecular flexibility index (Phi) is 9.84. The van der Waals surface area contributed by atoms with Gasteiger partial charge in [-0.15, -0.1) is 12.4 Å². The Hall–Kier alpha value is -1.26. The third kappa shape index (κ3) is 7.93. The number of ether oxygens (including phenoxy) is 1. The quantitative estimate of drug-likeness (QED) is 0.774. The molecule has 5 heteroatoms. The molecule has 0 fully saturated rings. The summed E-state index contributed by atoms with van der Waals surface area (Å²) >= 11 is 0. The van der Waals surface area contributed by atoms with Crippen LogP contribution >= 0.6 is 12.4 Å². The van der Waals surface area contributed by atoms with Gasteiger partial charge in [-0.1, -0.05) is 26.8 Å². The van der Waals surface area contributed by atoms with Crippen molar-refractivity contribution in [2.45, 2.75) is 27.2 Å². The van der Waals surface area contributed by atoms with Gasteiger partial charge in [-0.05, 0) is 31.5 Å². The summed E-state index contributed by atoms with van der Waals surface area (Å²) in [5.74, 6) is 1.37. The molecule has 1 unspecified atom stereocenters. The molecular weight excluding hydrogens is 288 g/mol. The van der Waals surface area contributed by atoms with Gasteiger partial charge in [0.15, 0.2) is 0 Å². The Balaban J connectivity index is 0.00000400. The lowest BCUT2D eigenvalue weighted by atomic mass is 10.1. The van der Waals surface area contributed by atoms with Gasteiger partial charge < -0.3 is 15.4 Å². The van der Waals surface area contributed by atoms with Crippen LogP contribution in [0.4, 0.5) is 5.69 Å². The molecule has 1 amide bonds. The molecule has 0 aliphatic heterocycles. The van der Waals surface area contributed by atoms with E-state index >= 15 is 0 Å². The first-order valence-corrected chi connectivity index (χ1v) is 7.21. The highest BCUT2D eigenvalue weighted by atomic mass is 35.5. The molecule has 1 atom stereocenters. The smallest absolute Gasteiger partial charge is 0.228 e. The van der Waals surface area contributed by atoms with Crippen LogP contribution in [0.5, 0.6) is 5.75 Å². The van der Waals surface area contributed by atoms with E-state index in [1.807, 2.05) is 38.2 Å². The number of halogens is 1. The molecule has 0 spiro atoms. The molecule has 1 aromatic carbocycles. The van der Waals surface area contributed by atoms with Crippen LogP contribution in [-0.4, -0.2) is 26.1 Å². The van der Waals surface area contributed by atoms with E-state index in [1.54, 1.807) is 0 Å². The fourth-order valence-electron chi connectivity index (χ4n) is 1.74. The predicted octanol–water partition coefficient (Wildman–Crippen LogP) is 3.33. The van der Waals surface area contributed by atoms with E-state index < -0.39 is 0 Å². The van der Waals surface area contributed by atoms with Gasteiger partial charge in [0.25, 0.3) is 0 Å². The topological polar surface area (TPSA) is 50.4 Å². The molecule has 2 N–H and O–H groups in total.